The van der Waals surface area contributed by atoms with E-state index in [2.05, 4.69) is 321 Å². The van der Waals surface area contributed by atoms with Gasteiger partial charge in [0, 0.05) is 72.5 Å². The van der Waals surface area contributed by atoms with Crippen LogP contribution in [0.4, 0.5) is 22.7 Å². The number of ether oxygens (including phenoxy) is 1. The number of anilines is 4. The Morgan fingerprint density at radius 3 is 1.77 bits per heavy atom. The van der Waals surface area contributed by atoms with E-state index in [-0.39, 0.29) is 37.3 Å². The van der Waals surface area contributed by atoms with Crippen LogP contribution in [-0.2, 0) is 37.3 Å². The average molecular weight is 1310 g/mol. The van der Waals surface area contributed by atoms with Gasteiger partial charge in [-0.2, -0.15) is 12.1 Å². The van der Waals surface area contributed by atoms with Crippen molar-refractivity contribution in [1.82, 2.24) is 9.55 Å². The van der Waals surface area contributed by atoms with Crippen LogP contribution in [0.1, 0.15) is 84.6 Å². The van der Waals surface area contributed by atoms with E-state index >= 15 is 0 Å². The van der Waals surface area contributed by atoms with Gasteiger partial charge in [0.25, 0.3) is 0 Å². The molecule has 2 aliphatic heterocycles. The molecule has 0 radical (unpaired) electrons. The average Bonchev–Trinajstić information content (AvgIpc) is 1.56. The van der Waals surface area contributed by atoms with Crippen molar-refractivity contribution in [3.05, 3.63) is 272 Å². The molecule has 2 aromatic heterocycles. The van der Waals surface area contributed by atoms with Crippen molar-refractivity contribution in [2.45, 2.75) is 85.5 Å². The molecule has 10 aromatic carbocycles. The number of benzene rings is 10. The molecular weight excluding hydrogens is 1240 g/mol. The molecule has 0 aliphatic carbocycles. The van der Waals surface area contributed by atoms with Crippen LogP contribution in [0.25, 0.3) is 61.0 Å². The van der Waals surface area contributed by atoms with Gasteiger partial charge < -0.3 is 19.1 Å². The fourth-order valence-corrected chi connectivity index (χ4v) is 18.5. The molecule has 14 rings (SSSR count). The minimum Gasteiger partial charge on any atom is -0.509 e. The van der Waals surface area contributed by atoms with Crippen molar-refractivity contribution in [2.75, 3.05) is 9.80 Å². The fourth-order valence-electron chi connectivity index (χ4n) is 13.3. The van der Waals surface area contributed by atoms with Crippen LogP contribution >= 0.6 is 0 Å². The summed E-state index contributed by atoms with van der Waals surface area (Å²) >= 11 is 0. The second-order valence-electron chi connectivity index (χ2n) is 26.2. The number of pyridine rings is 1. The molecule has 0 spiro atoms. The quantitative estimate of drug-likeness (QED) is 0.107. The summed E-state index contributed by atoms with van der Waals surface area (Å²) in [5, 5.41) is 7.85. The summed E-state index contributed by atoms with van der Waals surface area (Å²) in [5.41, 5.74) is 17.6. The number of nitrogens with zero attached hydrogens (tertiary/aromatic N) is 4. The molecule has 428 valence electrons. The van der Waals surface area contributed by atoms with Gasteiger partial charge in [0.05, 0.1) is 0 Å². The SMILES string of the molecule is Cc1cc(-c2ccccc2)c(N2[CH-]N(c3[c-]c(Oc4[c-]c5c(cc4C(C)(C)C)c4c6c(ccc4n5-c4cc(C(C)(C)C)ccn4)[Si](c4ccccc4)(c4ccccc4)c4ccccc4-6)ccc3)c3ccccc32)c(-c2cccc(C(C)(C)C)c2)c1.[Pt]. The predicted octanol–water partition coefficient (Wildman–Crippen LogP) is 17.9. The van der Waals surface area contributed by atoms with Gasteiger partial charge in [-0.15, -0.1) is 47.6 Å². The molecule has 4 heterocycles. The Kier molecular flexibility index (Phi) is 14.1. The van der Waals surface area contributed by atoms with Crippen LogP contribution in [0.15, 0.2) is 231 Å². The van der Waals surface area contributed by atoms with E-state index in [0.29, 0.717) is 11.5 Å². The Balaban J connectivity index is 0.00000686. The summed E-state index contributed by atoms with van der Waals surface area (Å²) in [7, 11) is -2.83. The summed E-state index contributed by atoms with van der Waals surface area (Å²) in [6.07, 6.45) is 1.96. The van der Waals surface area contributed by atoms with Crippen LogP contribution in [-0.4, -0.2) is 17.6 Å². The Morgan fingerprint density at radius 2 is 1.09 bits per heavy atom. The molecule has 12 aromatic rings. The van der Waals surface area contributed by atoms with Gasteiger partial charge in [-0.25, -0.2) is 4.98 Å². The van der Waals surface area contributed by atoms with E-state index < -0.39 is 8.07 Å². The van der Waals surface area contributed by atoms with Crippen LogP contribution < -0.4 is 35.3 Å². The number of hydrogen-bond acceptors (Lipinski definition) is 4. The Hall–Kier alpha value is -8.54. The third kappa shape index (κ3) is 9.44. The van der Waals surface area contributed by atoms with Gasteiger partial charge in [0.2, 0.25) is 0 Å². The van der Waals surface area contributed by atoms with Crippen LogP contribution in [0, 0.1) is 25.7 Å². The predicted molar refractivity (Wildman–Crippen MR) is 359 cm³/mol. The molecule has 0 saturated heterocycles. The first kappa shape index (κ1) is 56.6. The second kappa shape index (κ2) is 21.5. The zero-order chi connectivity index (χ0) is 58.6. The van der Waals surface area contributed by atoms with Gasteiger partial charge in [0.1, 0.15) is 5.82 Å². The summed E-state index contributed by atoms with van der Waals surface area (Å²) in [6.45, 7) is 24.9. The van der Waals surface area contributed by atoms with Crippen molar-refractivity contribution in [3.63, 3.8) is 0 Å². The molecule has 0 amide bonds. The van der Waals surface area contributed by atoms with Crippen LogP contribution in [0.5, 0.6) is 11.5 Å². The molecular formula is C79H69N4OPtSi-3. The molecule has 0 bridgehead atoms. The number of aromatic nitrogens is 2. The minimum absolute atomic E-state index is 0. The van der Waals surface area contributed by atoms with Crippen molar-refractivity contribution < 1.29 is 25.8 Å². The molecule has 5 nitrogen and oxygen atoms in total. The second-order valence-corrected chi connectivity index (χ2v) is 29.9. The van der Waals surface area contributed by atoms with Crippen molar-refractivity contribution in [2.24, 2.45) is 0 Å². The summed E-state index contributed by atoms with van der Waals surface area (Å²) in [4.78, 5) is 9.83. The van der Waals surface area contributed by atoms with E-state index in [1.54, 1.807) is 0 Å². The topological polar surface area (TPSA) is 33.5 Å². The molecule has 0 N–H and O–H groups in total. The smallest absolute Gasteiger partial charge is 0.180 e. The van der Waals surface area contributed by atoms with E-state index in [9.17, 15) is 0 Å². The molecule has 0 atom stereocenters. The van der Waals surface area contributed by atoms with Crippen LogP contribution in [0.2, 0.25) is 0 Å². The zero-order valence-corrected chi connectivity index (χ0v) is 53.8. The summed E-state index contributed by atoms with van der Waals surface area (Å²) in [5.74, 6) is 2.09. The number of rotatable bonds is 9. The summed E-state index contributed by atoms with van der Waals surface area (Å²) in [6, 6.07) is 90.6. The normalized spacial score (nSPS) is 13.6. The van der Waals surface area contributed by atoms with Crippen LogP contribution in [0.3, 0.4) is 0 Å². The maximum absolute atomic E-state index is 7.32. The Bertz CT molecular complexity index is 4530. The maximum atomic E-state index is 7.32. The first-order chi connectivity index (χ1) is 41.0. The maximum Gasteiger partial charge on any atom is 0.180 e. The van der Waals surface area contributed by atoms with E-state index in [4.69, 9.17) is 9.72 Å². The first-order valence-corrected chi connectivity index (χ1v) is 31.8. The molecule has 86 heavy (non-hydrogen) atoms. The van der Waals surface area contributed by atoms with Crippen molar-refractivity contribution in [3.8, 4) is 50.7 Å². The molecule has 0 saturated carbocycles. The van der Waals surface area contributed by atoms with Crippen molar-refractivity contribution in [1.29, 1.82) is 0 Å². The van der Waals surface area contributed by atoms with Gasteiger partial charge in [0.15, 0.2) is 8.07 Å². The zero-order valence-electron chi connectivity index (χ0n) is 50.5. The standard InChI is InChI=1S/C79H69N4OSi.Pt/c1-52-44-62(53-26-14-11-15-27-53)76(63(45-52)54-28-24-29-55(46-54)77(2,3)4)82-51-81(66-37-21-22-38-67(66)82)57-30-25-31-58(48-57)84-70-50-69-64(49-65(70)79(8,9)10)74-68(83(69)73-47-56(42-43-80-73)78(5,6)7)40-41-72-75(74)61-36-20-23-39-71(61)85(72,59-32-16-12-17-33-59)60-34-18-13-19-35-60;/h11-47,49,51H,1-10H3;/q-3;. The van der Waals surface area contributed by atoms with Crippen molar-refractivity contribution >= 4 is 73.4 Å². The van der Waals surface area contributed by atoms with E-state index in [1.165, 1.54) is 65.1 Å². The molecule has 7 heteroatoms. The number of aryl methyl sites for hydroxylation is 1. The number of para-hydroxylation sites is 2. The van der Waals surface area contributed by atoms with Gasteiger partial charge in [-0.3, -0.25) is 0 Å². The van der Waals surface area contributed by atoms with Gasteiger partial charge in [-0.1, -0.05) is 231 Å². The Labute approximate surface area is 522 Å². The fraction of sp³-hybridized carbons (Fsp3) is 0.165. The van der Waals surface area contributed by atoms with E-state index in [0.717, 1.165) is 61.7 Å². The Morgan fingerprint density at radius 1 is 0.500 bits per heavy atom. The first-order valence-electron chi connectivity index (χ1n) is 29.8. The molecule has 0 fully saturated rings. The third-order valence-electron chi connectivity index (χ3n) is 17.5. The monoisotopic (exact) mass is 1310 g/mol. The van der Waals surface area contributed by atoms with E-state index in [1.807, 2.05) is 12.3 Å². The minimum atomic E-state index is -2.83. The number of fused-ring (bicyclic) bond motifs is 8. The van der Waals surface area contributed by atoms with Gasteiger partial charge in [-0.05, 0) is 125 Å². The molecule has 2 aliphatic rings. The molecule has 0 unspecified atom stereocenters. The van der Waals surface area contributed by atoms with Gasteiger partial charge >= 0.3 is 0 Å². The number of hydrogen-bond donors (Lipinski definition) is 0. The third-order valence-corrected chi connectivity index (χ3v) is 22.3. The summed E-state index contributed by atoms with van der Waals surface area (Å²) < 4.78 is 9.66. The largest absolute Gasteiger partial charge is 0.509 e.